The van der Waals surface area contributed by atoms with E-state index in [-0.39, 0.29) is 11.1 Å². The average Bonchev–Trinajstić information content (AvgIpc) is 2.26. The third kappa shape index (κ3) is 3.02. The molecule has 0 saturated heterocycles. The fourth-order valence-corrected chi connectivity index (χ4v) is 1.20. The number of hydrogen-bond donors (Lipinski definition) is 0. The van der Waals surface area contributed by atoms with Gasteiger partial charge < -0.3 is 4.90 Å². The van der Waals surface area contributed by atoms with Crippen LogP contribution in [0.2, 0.25) is 5.15 Å². The van der Waals surface area contributed by atoms with Gasteiger partial charge in [0, 0.05) is 13.1 Å². The van der Waals surface area contributed by atoms with E-state index in [1.807, 2.05) is 6.92 Å². The lowest BCUT2D eigenvalue weighted by Gasteiger charge is -2.17. The molecule has 0 atom stereocenters. The van der Waals surface area contributed by atoms with Crippen molar-refractivity contribution in [3.8, 4) is 0 Å². The van der Waals surface area contributed by atoms with Crippen molar-refractivity contribution in [2.75, 3.05) is 13.1 Å². The van der Waals surface area contributed by atoms with E-state index in [0.29, 0.717) is 18.8 Å². The predicted molar refractivity (Wildman–Crippen MR) is 58.8 cm³/mol. The molecule has 0 aromatic carbocycles. The summed E-state index contributed by atoms with van der Waals surface area (Å²) in [6, 6.07) is 3.10. The van der Waals surface area contributed by atoms with Gasteiger partial charge in [-0.2, -0.15) is 0 Å². The number of rotatable bonds is 4. The van der Waals surface area contributed by atoms with Gasteiger partial charge in [-0.1, -0.05) is 17.7 Å². The fourth-order valence-electron chi connectivity index (χ4n) is 1.10. The van der Waals surface area contributed by atoms with Crippen molar-refractivity contribution in [1.29, 1.82) is 0 Å². The molecule has 0 fully saturated rings. The third-order valence-electron chi connectivity index (χ3n) is 1.87. The number of carbonyl (C=O) groups is 1. The maximum atomic E-state index is 11.8. The van der Waals surface area contributed by atoms with Gasteiger partial charge in [-0.3, -0.25) is 4.79 Å². The molecule has 0 N–H and O–H groups in total. The number of likely N-dealkylation sites (N-methyl/N-ethyl adjacent to an activating group) is 1. The van der Waals surface area contributed by atoms with Crippen molar-refractivity contribution < 1.29 is 4.79 Å². The van der Waals surface area contributed by atoms with Gasteiger partial charge in [0.1, 0.15) is 0 Å². The monoisotopic (exact) mass is 225 g/mol. The van der Waals surface area contributed by atoms with E-state index < -0.39 is 0 Å². The van der Waals surface area contributed by atoms with Crippen molar-refractivity contribution in [2.45, 2.75) is 6.92 Å². The summed E-state index contributed by atoms with van der Waals surface area (Å²) >= 11 is 5.58. The molecule has 0 aliphatic rings. The summed E-state index contributed by atoms with van der Waals surface area (Å²) in [5.41, 5.74) is 0.295. The smallest absolute Gasteiger partial charge is 0.274 e. The van der Waals surface area contributed by atoms with Crippen LogP contribution in [0.3, 0.4) is 0 Å². The second-order valence-corrected chi connectivity index (χ2v) is 3.26. The molecular formula is C10H12ClN3O. The van der Waals surface area contributed by atoms with Crippen molar-refractivity contribution in [3.05, 3.63) is 35.6 Å². The van der Waals surface area contributed by atoms with Gasteiger partial charge in [0.2, 0.25) is 0 Å². The molecule has 0 unspecified atom stereocenters. The molecule has 80 valence electrons. The van der Waals surface area contributed by atoms with Crippen molar-refractivity contribution in [2.24, 2.45) is 0 Å². The standard InChI is InChI=1S/C10H12ClN3O/c1-3-7-14(4-2)10(15)8-5-6-9(11)13-12-8/h3,5-6H,1,4,7H2,2H3. The van der Waals surface area contributed by atoms with Crippen LogP contribution < -0.4 is 0 Å². The SMILES string of the molecule is C=CCN(CC)C(=O)c1ccc(Cl)nn1. The Morgan fingerprint density at radius 2 is 2.33 bits per heavy atom. The van der Waals surface area contributed by atoms with Crippen LogP contribution in [-0.2, 0) is 0 Å². The first-order valence-electron chi connectivity index (χ1n) is 4.58. The number of aromatic nitrogens is 2. The highest BCUT2D eigenvalue weighted by atomic mass is 35.5. The zero-order valence-corrected chi connectivity index (χ0v) is 9.24. The first-order valence-corrected chi connectivity index (χ1v) is 4.96. The second-order valence-electron chi connectivity index (χ2n) is 2.87. The van der Waals surface area contributed by atoms with Gasteiger partial charge >= 0.3 is 0 Å². The molecule has 0 aliphatic heterocycles. The molecule has 5 heteroatoms. The normalized spacial score (nSPS) is 9.73. The first-order chi connectivity index (χ1) is 7.19. The molecule has 0 saturated carbocycles. The van der Waals surface area contributed by atoms with Crippen LogP contribution in [0.4, 0.5) is 0 Å². The number of amides is 1. The topological polar surface area (TPSA) is 46.1 Å². The summed E-state index contributed by atoms with van der Waals surface area (Å²) in [4.78, 5) is 13.4. The highest BCUT2D eigenvalue weighted by molar-refractivity contribution is 6.29. The summed E-state index contributed by atoms with van der Waals surface area (Å²) < 4.78 is 0. The Hall–Kier alpha value is -1.42. The second kappa shape index (κ2) is 5.46. The van der Waals surface area contributed by atoms with Crippen LogP contribution in [0.5, 0.6) is 0 Å². The largest absolute Gasteiger partial charge is 0.334 e. The summed E-state index contributed by atoms with van der Waals surface area (Å²) in [5.74, 6) is -0.165. The van der Waals surface area contributed by atoms with Crippen LogP contribution in [0, 0.1) is 0 Å². The molecule has 15 heavy (non-hydrogen) atoms. The molecule has 0 spiro atoms. The van der Waals surface area contributed by atoms with E-state index in [4.69, 9.17) is 11.6 Å². The summed E-state index contributed by atoms with van der Waals surface area (Å²) in [6.45, 7) is 6.59. The minimum absolute atomic E-state index is 0.165. The van der Waals surface area contributed by atoms with Gasteiger partial charge in [-0.15, -0.1) is 16.8 Å². The quantitative estimate of drug-likeness (QED) is 0.734. The molecule has 1 amide bonds. The van der Waals surface area contributed by atoms with Gasteiger partial charge in [0.25, 0.3) is 5.91 Å². The van der Waals surface area contributed by atoms with Crippen LogP contribution in [0.15, 0.2) is 24.8 Å². The van der Waals surface area contributed by atoms with Gasteiger partial charge in [-0.25, -0.2) is 0 Å². The van der Waals surface area contributed by atoms with E-state index in [9.17, 15) is 4.79 Å². The lowest BCUT2D eigenvalue weighted by Crippen LogP contribution is -2.31. The van der Waals surface area contributed by atoms with E-state index in [1.165, 1.54) is 0 Å². The Morgan fingerprint density at radius 1 is 1.60 bits per heavy atom. The summed E-state index contributed by atoms with van der Waals surface area (Å²) in [6.07, 6.45) is 1.67. The predicted octanol–water partition coefficient (Wildman–Crippen LogP) is 1.78. The van der Waals surface area contributed by atoms with Crippen LogP contribution in [0.25, 0.3) is 0 Å². The molecule has 1 heterocycles. The fraction of sp³-hybridized carbons (Fsp3) is 0.300. The highest BCUT2D eigenvalue weighted by Crippen LogP contribution is 2.05. The van der Waals surface area contributed by atoms with E-state index >= 15 is 0 Å². The molecule has 0 bridgehead atoms. The average molecular weight is 226 g/mol. The molecule has 4 nitrogen and oxygen atoms in total. The molecule has 1 aromatic rings. The van der Waals surface area contributed by atoms with Crippen molar-refractivity contribution in [1.82, 2.24) is 15.1 Å². The van der Waals surface area contributed by atoms with Gasteiger partial charge in [0.15, 0.2) is 10.8 Å². The maximum Gasteiger partial charge on any atom is 0.274 e. The number of halogens is 1. The molecule has 1 aromatic heterocycles. The highest BCUT2D eigenvalue weighted by Gasteiger charge is 2.14. The molecule has 0 radical (unpaired) electrons. The zero-order chi connectivity index (χ0) is 11.3. The van der Waals surface area contributed by atoms with E-state index in [0.717, 1.165) is 0 Å². The maximum absolute atomic E-state index is 11.8. The molecular weight excluding hydrogens is 214 g/mol. The number of carbonyl (C=O) groups excluding carboxylic acids is 1. The van der Waals surface area contributed by atoms with E-state index in [2.05, 4.69) is 16.8 Å². The van der Waals surface area contributed by atoms with E-state index in [1.54, 1.807) is 23.1 Å². The lowest BCUT2D eigenvalue weighted by atomic mass is 10.3. The van der Waals surface area contributed by atoms with Crippen LogP contribution >= 0.6 is 11.6 Å². The first kappa shape index (κ1) is 11.7. The summed E-state index contributed by atoms with van der Waals surface area (Å²) in [5, 5.41) is 7.62. The van der Waals surface area contributed by atoms with Crippen LogP contribution in [-0.4, -0.2) is 34.1 Å². The Kier molecular flexibility index (Phi) is 4.24. The Balaban J connectivity index is 2.82. The number of hydrogen-bond acceptors (Lipinski definition) is 3. The minimum atomic E-state index is -0.165. The van der Waals surface area contributed by atoms with Gasteiger partial charge in [-0.05, 0) is 19.1 Å². The molecule has 0 aliphatic carbocycles. The number of nitrogens with zero attached hydrogens (tertiary/aromatic N) is 3. The Labute approximate surface area is 93.6 Å². The zero-order valence-electron chi connectivity index (χ0n) is 8.48. The van der Waals surface area contributed by atoms with Gasteiger partial charge in [0.05, 0.1) is 0 Å². The third-order valence-corrected chi connectivity index (χ3v) is 2.07. The Morgan fingerprint density at radius 3 is 2.80 bits per heavy atom. The Bertz CT molecular complexity index is 350. The lowest BCUT2D eigenvalue weighted by molar-refractivity contribution is 0.0775. The minimum Gasteiger partial charge on any atom is -0.334 e. The summed E-state index contributed by atoms with van der Waals surface area (Å²) in [7, 11) is 0. The van der Waals surface area contributed by atoms with Crippen molar-refractivity contribution in [3.63, 3.8) is 0 Å². The van der Waals surface area contributed by atoms with Crippen LogP contribution in [0.1, 0.15) is 17.4 Å². The molecule has 1 rings (SSSR count). The van der Waals surface area contributed by atoms with Crippen molar-refractivity contribution >= 4 is 17.5 Å².